The van der Waals surface area contributed by atoms with Crippen molar-refractivity contribution < 1.29 is 29.6 Å². The number of hydrogen-bond donors (Lipinski definition) is 3. The van der Waals surface area contributed by atoms with Gasteiger partial charge in [-0.15, -0.1) is 0 Å². The van der Waals surface area contributed by atoms with Crippen molar-refractivity contribution in [3.8, 4) is 11.5 Å². The lowest BCUT2D eigenvalue weighted by molar-refractivity contribution is -0.218. The van der Waals surface area contributed by atoms with E-state index in [0.29, 0.717) is 17.4 Å². The fourth-order valence-electron chi connectivity index (χ4n) is 11.8. The Balaban J connectivity index is 1.28. The fourth-order valence-corrected chi connectivity index (χ4v) is 11.8. The van der Waals surface area contributed by atoms with Crippen LogP contribution in [0.5, 0.6) is 11.5 Å². The van der Waals surface area contributed by atoms with Crippen LogP contribution in [-0.2, 0) is 14.3 Å². The highest BCUT2D eigenvalue weighted by Crippen LogP contribution is 2.76. The molecule has 0 heterocycles. The number of ether oxygens (including phenoxy) is 1. The molecule has 6 nitrogen and oxygen atoms in total. The predicted octanol–water partition coefficient (Wildman–Crippen LogP) is 8.91. The third-order valence-electron chi connectivity index (χ3n) is 14.5. The van der Waals surface area contributed by atoms with E-state index in [4.69, 9.17) is 4.74 Å². The monoisotopic (exact) mass is 618 g/mol. The van der Waals surface area contributed by atoms with Gasteiger partial charge in [0.2, 0.25) is 0 Å². The number of carboxylic acid groups (broad SMARTS) is 1. The molecule has 5 aliphatic rings. The van der Waals surface area contributed by atoms with E-state index in [1.165, 1.54) is 36.6 Å². The summed E-state index contributed by atoms with van der Waals surface area (Å²) in [5.74, 6) is -0.575. The highest BCUT2D eigenvalue weighted by atomic mass is 16.5. The Kier molecular flexibility index (Phi) is 7.42. The van der Waals surface area contributed by atoms with Crippen LogP contribution in [0.2, 0.25) is 0 Å². The van der Waals surface area contributed by atoms with Crippen LogP contribution in [-0.4, -0.2) is 33.4 Å². The second kappa shape index (κ2) is 10.4. The van der Waals surface area contributed by atoms with Gasteiger partial charge in [0.25, 0.3) is 0 Å². The molecule has 6 heteroatoms. The van der Waals surface area contributed by atoms with E-state index in [-0.39, 0.29) is 50.6 Å². The number of allylic oxidation sites excluding steroid dienone is 1. The second-order valence-electron chi connectivity index (χ2n) is 17.6. The van der Waals surface area contributed by atoms with E-state index >= 15 is 0 Å². The molecule has 0 bridgehead atoms. The Hall–Kier alpha value is -2.76. The first-order chi connectivity index (χ1) is 20.9. The summed E-state index contributed by atoms with van der Waals surface area (Å²) in [5, 5.41) is 30.6. The van der Waals surface area contributed by atoms with E-state index in [9.17, 15) is 24.9 Å². The van der Waals surface area contributed by atoms with Crippen LogP contribution in [0.4, 0.5) is 0 Å². The van der Waals surface area contributed by atoms with Gasteiger partial charge in [-0.2, -0.15) is 0 Å². The summed E-state index contributed by atoms with van der Waals surface area (Å²) in [6, 6.07) is 4.43. The van der Waals surface area contributed by atoms with Gasteiger partial charge in [0.15, 0.2) is 11.5 Å². The summed E-state index contributed by atoms with van der Waals surface area (Å²) in [6.07, 6.45) is 14.8. The third kappa shape index (κ3) is 4.70. The number of carboxylic acids is 1. The van der Waals surface area contributed by atoms with Crippen molar-refractivity contribution in [2.75, 3.05) is 0 Å². The number of carbonyl (C=O) groups is 2. The molecule has 0 radical (unpaired) electrons. The summed E-state index contributed by atoms with van der Waals surface area (Å²) in [4.78, 5) is 26.8. The summed E-state index contributed by atoms with van der Waals surface area (Å²) in [6.45, 7) is 16.4. The SMILES string of the molecule is CC1(C)CC[C@]2(C)CC[C@]3(C(=O)O)C(=CC[C@@H]4[C@@]5(C)CC[C@@H](OC(=O)/C=C/c6ccc(O)c(O)c6)C(C)(C)[C@@H]5CC[C@]43C)[C@@H]2C1. The van der Waals surface area contributed by atoms with Gasteiger partial charge in [0, 0.05) is 11.5 Å². The number of rotatable bonds is 4. The summed E-state index contributed by atoms with van der Waals surface area (Å²) in [5.41, 5.74) is 0.802. The van der Waals surface area contributed by atoms with Crippen molar-refractivity contribution in [2.24, 2.45) is 50.2 Å². The van der Waals surface area contributed by atoms with Gasteiger partial charge >= 0.3 is 11.9 Å². The number of carbonyl (C=O) groups excluding carboxylic acids is 1. The molecule has 4 fully saturated rings. The fraction of sp³-hybridized carbons (Fsp3) is 0.692. The Morgan fingerprint density at radius 2 is 1.58 bits per heavy atom. The molecule has 3 N–H and O–H groups in total. The summed E-state index contributed by atoms with van der Waals surface area (Å²) in [7, 11) is 0. The van der Waals surface area contributed by atoms with Gasteiger partial charge < -0.3 is 20.1 Å². The van der Waals surface area contributed by atoms with Crippen molar-refractivity contribution in [1.29, 1.82) is 0 Å². The van der Waals surface area contributed by atoms with Gasteiger partial charge in [-0.25, -0.2) is 4.79 Å². The number of phenolic OH excluding ortho intramolecular Hbond substituents is 2. The Morgan fingerprint density at radius 1 is 0.867 bits per heavy atom. The zero-order valence-electron chi connectivity index (χ0n) is 28.4. The molecule has 0 aromatic heterocycles. The highest BCUT2D eigenvalue weighted by Gasteiger charge is 2.71. The minimum Gasteiger partial charge on any atom is -0.504 e. The molecular formula is C39H54O6. The largest absolute Gasteiger partial charge is 0.504 e. The lowest BCUT2D eigenvalue weighted by Crippen LogP contribution is -2.67. The molecule has 246 valence electrons. The van der Waals surface area contributed by atoms with E-state index in [1.807, 2.05) is 0 Å². The van der Waals surface area contributed by atoms with Crippen molar-refractivity contribution in [3.63, 3.8) is 0 Å². The molecule has 0 unspecified atom stereocenters. The average Bonchev–Trinajstić information content (AvgIpc) is 2.95. The van der Waals surface area contributed by atoms with Crippen LogP contribution < -0.4 is 0 Å². The van der Waals surface area contributed by atoms with Crippen LogP contribution in [0.15, 0.2) is 35.9 Å². The number of benzene rings is 1. The maximum Gasteiger partial charge on any atom is 0.331 e. The first kappa shape index (κ1) is 32.2. The quantitative estimate of drug-likeness (QED) is 0.135. The topological polar surface area (TPSA) is 104 Å². The third-order valence-corrected chi connectivity index (χ3v) is 14.5. The molecule has 0 spiro atoms. The number of aliphatic carboxylic acids is 1. The standard InChI is InChI=1S/C39H54O6/c1-34(2)18-19-36(5)20-21-39(33(43)44)25(26(36)23-34)10-12-30-37(6)16-15-31(35(3,4)29(37)14-17-38(30,39)7)45-32(42)13-9-24-8-11-27(40)28(41)22-24/h8-11,13,22,26,29-31,40-41H,12,14-21,23H2,1-7H3,(H,43,44)/b13-9+/t26-,29-,30+,31+,36+,37-,38+,39+/m0/s1. The summed E-state index contributed by atoms with van der Waals surface area (Å²) < 4.78 is 6.13. The van der Waals surface area contributed by atoms with Crippen LogP contribution >= 0.6 is 0 Å². The molecule has 0 aliphatic heterocycles. The van der Waals surface area contributed by atoms with Gasteiger partial charge in [-0.1, -0.05) is 66.2 Å². The minimum absolute atomic E-state index is 0.0596. The Labute approximate surface area is 269 Å². The zero-order chi connectivity index (χ0) is 32.8. The van der Waals surface area contributed by atoms with Gasteiger partial charge in [-0.05, 0) is 127 Å². The first-order valence-electron chi connectivity index (χ1n) is 17.2. The Morgan fingerprint density at radius 3 is 2.27 bits per heavy atom. The van der Waals surface area contributed by atoms with Gasteiger partial charge in [0.1, 0.15) is 6.10 Å². The predicted molar refractivity (Wildman–Crippen MR) is 175 cm³/mol. The van der Waals surface area contributed by atoms with Gasteiger partial charge in [-0.3, -0.25) is 4.79 Å². The average molecular weight is 619 g/mol. The second-order valence-corrected chi connectivity index (χ2v) is 17.6. The van der Waals surface area contributed by atoms with Gasteiger partial charge in [0.05, 0.1) is 5.41 Å². The smallest absolute Gasteiger partial charge is 0.331 e. The molecule has 0 saturated heterocycles. The van der Waals surface area contributed by atoms with Crippen molar-refractivity contribution in [3.05, 3.63) is 41.5 Å². The van der Waals surface area contributed by atoms with Crippen molar-refractivity contribution in [2.45, 2.75) is 119 Å². The first-order valence-corrected chi connectivity index (χ1v) is 17.2. The number of fused-ring (bicyclic) bond motifs is 7. The van der Waals surface area contributed by atoms with Crippen LogP contribution in [0.25, 0.3) is 6.08 Å². The molecule has 4 saturated carbocycles. The summed E-state index contributed by atoms with van der Waals surface area (Å²) >= 11 is 0. The minimum atomic E-state index is -0.817. The number of esters is 1. The van der Waals surface area contributed by atoms with E-state index in [1.54, 1.807) is 12.1 Å². The van der Waals surface area contributed by atoms with Crippen molar-refractivity contribution >= 4 is 18.0 Å². The lowest BCUT2D eigenvalue weighted by atomic mass is 9.33. The molecule has 1 aromatic rings. The Bertz CT molecular complexity index is 1450. The number of phenols is 2. The van der Waals surface area contributed by atoms with Crippen LogP contribution in [0, 0.1) is 50.2 Å². The van der Waals surface area contributed by atoms with Crippen LogP contribution in [0.3, 0.4) is 0 Å². The molecule has 0 amide bonds. The molecule has 5 aliphatic carbocycles. The molecule has 1 aromatic carbocycles. The van der Waals surface area contributed by atoms with Crippen LogP contribution in [0.1, 0.15) is 118 Å². The maximum absolute atomic E-state index is 13.7. The maximum atomic E-state index is 13.7. The molecular weight excluding hydrogens is 564 g/mol. The number of hydrogen-bond acceptors (Lipinski definition) is 5. The van der Waals surface area contributed by atoms with Crippen molar-refractivity contribution in [1.82, 2.24) is 0 Å². The normalized spacial score (nSPS) is 41.5. The lowest BCUT2D eigenvalue weighted by Gasteiger charge is -2.70. The van der Waals surface area contributed by atoms with E-state index in [2.05, 4.69) is 54.5 Å². The molecule has 8 atom stereocenters. The number of aromatic hydroxyl groups is 2. The molecule has 6 rings (SSSR count). The van der Waals surface area contributed by atoms with E-state index in [0.717, 1.165) is 51.4 Å². The van der Waals surface area contributed by atoms with E-state index < -0.39 is 17.4 Å². The zero-order valence-corrected chi connectivity index (χ0v) is 28.4. The highest BCUT2D eigenvalue weighted by molar-refractivity contribution is 5.87. The molecule has 45 heavy (non-hydrogen) atoms.